The monoisotopic (exact) mass is 365 g/mol. The predicted octanol–water partition coefficient (Wildman–Crippen LogP) is 3.53. The summed E-state index contributed by atoms with van der Waals surface area (Å²) >= 11 is 3.47. The van der Waals surface area contributed by atoms with Gasteiger partial charge < -0.3 is 9.26 Å². The van der Waals surface area contributed by atoms with Crippen LogP contribution >= 0.6 is 15.9 Å². The van der Waals surface area contributed by atoms with Crippen LogP contribution in [0.4, 0.5) is 0 Å². The molecule has 0 N–H and O–H groups in total. The van der Waals surface area contributed by atoms with Crippen LogP contribution in [0.1, 0.15) is 43.3 Å². The summed E-state index contributed by atoms with van der Waals surface area (Å²) in [4.78, 5) is 6.78. The number of ether oxygens (including phenoxy) is 1. The van der Waals surface area contributed by atoms with Gasteiger partial charge in [-0.3, -0.25) is 4.90 Å². The van der Waals surface area contributed by atoms with E-state index >= 15 is 0 Å². The first-order chi connectivity index (χ1) is 10.7. The lowest BCUT2D eigenvalue weighted by atomic mass is 10.1. The molecule has 0 bridgehead atoms. The van der Waals surface area contributed by atoms with Crippen molar-refractivity contribution in [1.29, 1.82) is 0 Å². The third kappa shape index (κ3) is 3.39. The summed E-state index contributed by atoms with van der Waals surface area (Å²) in [5.41, 5.74) is 1.19. The fourth-order valence-corrected chi connectivity index (χ4v) is 2.90. The van der Waals surface area contributed by atoms with Crippen LogP contribution in [0.25, 0.3) is 0 Å². The molecule has 1 fully saturated rings. The van der Waals surface area contributed by atoms with E-state index in [2.05, 4.69) is 50.0 Å². The molecule has 3 rings (SSSR count). The third-order valence-corrected chi connectivity index (χ3v) is 4.57. The van der Waals surface area contributed by atoms with E-state index in [0.717, 1.165) is 29.8 Å². The second-order valence-corrected chi connectivity index (χ2v) is 6.40. The second kappa shape index (κ2) is 6.89. The highest BCUT2D eigenvalue weighted by Gasteiger charge is 2.28. The Labute approximate surface area is 138 Å². The second-order valence-electron chi connectivity index (χ2n) is 5.48. The van der Waals surface area contributed by atoms with Crippen molar-refractivity contribution >= 4 is 15.9 Å². The van der Waals surface area contributed by atoms with Crippen molar-refractivity contribution in [3.8, 4) is 0 Å². The summed E-state index contributed by atoms with van der Waals surface area (Å²) in [7, 11) is 0. The molecule has 1 saturated heterocycles. The molecule has 1 aliphatic rings. The van der Waals surface area contributed by atoms with Gasteiger partial charge in [0.05, 0.1) is 18.8 Å². The first-order valence-corrected chi connectivity index (χ1v) is 8.40. The van der Waals surface area contributed by atoms with Crippen molar-refractivity contribution in [3.05, 3.63) is 46.0 Å². The number of aromatic nitrogens is 2. The Morgan fingerprint density at radius 1 is 1.36 bits per heavy atom. The normalized spacial score (nSPS) is 21.0. The fraction of sp³-hybridized carbons (Fsp3) is 0.500. The third-order valence-electron chi connectivity index (χ3n) is 4.04. The molecular weight excluding hydrogens is 346 g/mol. The molecular formula is C16H20BrN3O2. The van der Waals surface area contributed by atoms with E-state index in [-0.39, 0.29) is 12.1 Å². The maximum atomic E-state index is 5.92. The summed E-state index contributed by atoms with van der Waals surface area (Å²) < 4.78 is 12.4. The van der Waals surface area contributed by atoms with Crippen LogP contribution in [0.3, 0.4) is 0 Å². The minimum absolute atomic E-state index is 0.0814. The van der Waals surface area contributed by atoms with Gasteiger partial charge >= 0.3 is 0 Å². The lowest BCUT2D eigenvalue weighted by molar-refractivity contribution is -0.0469. The molecule has 0 amide bonds. The highest BCUT2D eigenvalue weighted by molar-refractivity contribution is 9.10. The average molecular weight is 366 g/mol. The summed E-state index contributed by atoms with van der Waals surface area (Å²) in [5, 5.41) is 3.99. The molecule has 1 aromatic carbocycles. The fourth-order valence-electron chi connectivity index (χ4n) is 2.64. The van der Waals surface area contributed by atoms with E-state index in [4.69, 9.17) is 9.26 Å². The van der Waals surface area contributed by atoms with Crippen LogP contribution in [-0.2, 0) is 11.2 Å². The van der Waals surface area contributed by atoms with Crippen LogP contribution < -0.4 is 0 Å². The zero-order valence-corrected chi connectivity index (χ0v) is 14.4. The Morgan fingerprint density at radius 2 is 2.14 bits per heavy atom. The van der Waals surface area contributed by atoms with Crippen LogP contribution in [0.5, 0.6) is 0 Å². The first-order valence-electron chi connectivity index (χ1n) is 7.61. The zero-order valence-electron chi connectivity index (χ0n) is 12.8. The van der Waals surface area contributed by atoms with E-state index in [1.807, 2.05) is 19.1 Å². The predicted molar refractivity (Wildman–Crippen MR) is 86.5 cm³/mol. The number of rotatable bonds is 4. The van der Waals surface area contributed by atoms with Crippen molar-refractivity contribution in [1.82, 2.24) is 15.0 Å². The topological polar surface area (TPSA) is 51.4 Å². The number of halogens is 1. The molecule has 0 radical (unpaired) electrons. The summed E-state index contributed by atoms with van der Waals surface area (Å²) in [6, 6.07) is 8.41. The van der Waals surface area contributed by atoms with Gasteiger partial charge in [-0.2, -0.15) is 4.98 Å². The van der Waals surface area contributed by atoms with Gasteiger partial charge in [0.15, 0.2) is 5.82 Å². The maximum absolute atomic E-state index is 5.92. The van der Waals surface area contributed by atoms with Gasteiger partial charge in [0, 0.05) is 24.0 Å². The smallest absolute Gasteiger partial charge is 0.243 e. The average Bonchev–Trinajstić information content (AvgIpc) is 3.04. The molecule has 0 aliphatic carbocycles. The highest BCUT2D eigenvalue weighted by Crippen LogP contribution is 2.28. The SMILES string of the molecule is CCc1noc(C(C)N2CCOC(c3ccc(Br)cc3)C2)n1. The van der Waals surface area contributed by atoms with Crippen LogP contribution in [0.2, 0.25) is 0 Å². The molecule has 22 heavy (non-hydrogen) atoms. The minimum Gasteiger partial charge on any atom is -0.371 e. The lowest BCUT2D eigenvalue weighted by Gasteiger charge is -2.35. The number of morpholine rings is 1. The van der Waals surface area contributed by atoms with E-state index < -0.39 is 0 Å². The molecule has 2 heterocycles. The van der Waals surface area contributed by atoms with Crippen molar-refractivity contribution in [2.24, 2.45) is 0 Å². The Hall–Kier alpha value is -1.24. The van der Waals surface area contributed by atoms with Gasteiger partial charge in [0.1, 0.15) is 0 Å². The number of nitrogens with zero attached hydrogens (tertiary/aromatic N) is 3. The summed E-state index contributed by atoms with van der Waals surface area (Å²) in [5.74, 6) is 1.45. The molecule has 2 aromatic rings. The molecule has 0 saturated carbocycles. The van der Waals surface area contributed by atoms with E-state index in [0.29, 0.717) is 12.5 Å². The van der Waals surface area contributed by atoms with Gasteiger partial charge in [-0.15, -0.1) is 0 Å². The van der Waals surface area contributed by atoms with Crippen molar-refractivity contribution in [2.45, 2.75) is 32.4 Å². The summed E-state index contributed by atoms with van der Waals surface area (Å²) in [6.07, 6.45) is 0.874. The molecule has 1 aromatic heterocycles. The molecule has 5 nitrogen and oxygen atoms in total. The van der Waals surface area contributed by atoms with Gasteiger partial charge in [-0.1, -0.05) is 40.1 Å². The Kier molecular flexibility index (Phi) is 4.90. The van der Waals surface area contributed by atoms with Gasteiger partial charge in [0.25, 0.3) is 0 Å². The highest BCUT2D eigenvalue weighted by atomic mass is 79.9. The van der Waals surface area contributed by atoms with Crippen LogP contribution in [-0.4, -0.2) is 34.7 Å². The van der Waals surface area contributed by atoms with Gasteiger partial charge in [0.2, 0.25) is 5.89 Å². The van der Waals surface area contributed by atoms with Crippen molar-refractivity contribution in [2.75, 3.05) is 19.7 Å². The largest absolute Gasteiger partial charge is 0.371 e. The van der Waals surface area contributed by atoms with Gasteiger partial charge in [-0.25, -0.2) is 0 Å². The molecule has 0 spiro atoms. The maximum Gasteiger partial charge on any atom is 0.243 e. The van der Waals surface area contributed by atoms with E-state index in [1.165, 1.54) is 5.56 Å². The quantitative estimate of drug-likeness (QED) is 0.829. The number of hydrogen-bond donors (Lipinski definition) is 0. The van der Waals surface area contributed by atoms with Crippen molar-refractivity contribution < 1.29 is 9.26 Å². The van der Waals surface area contributed by atoms with Crippen LogP contribution in [0, 0.1) is 0 Å². The standard InChI is InChI=1S/C16H20BrN3O2/c1-3-15-18-16(22-19-15)11(2)20-8-9-21-14(10-20)12-4-6-13(17)7-5-12/h4-7,11,14H,3,8-10H2,1-2H3. The number of aryl methyl sites for hydroxylation is 1. The molecule has 1 aliphatic heterocycles. The zero-order chi connectivity index (χ0) is 15.5. The lowest BCUT2D eigenvalue weighted by Crippen LogP contribution is -2.40. The Morgan fingerprint density at radius 3 is 2.82 bits per heavy atom. The van der Waals surface area contributed by atoms with Crippen molar-refractivity contribution in [3.63, 3.8) is 0 Å². The first kappa shape index (κ1) is 15.6. The molecule has 2 unspecified atom stereocenters. The van der Waals surface area contributed by atoms with Crippen LogP contribution in [0.15, 0.2) is 33.3 Å². The van der Waals surface area contributed by atoms with E-state index in [9.17, 15) is 0 Å². The Balaban J connectivity index is 1.70. The summed E-state index contributed by atoms with van der Waals surface area (Å²) in [6.45, 7) is 6.54. The van der Waals surface area contributed by atoms with E-state index in [1.54, 1.807) is 0 Å². The molecule has 118 valence electrons. The molecule has 6 heteroatoms. The number of hydrogen-bond acceptors (Lipinski definition) is 5. The Bertz CT molecular complexity index is 614. The molecule has 2 atom stereocenters. The van der Waals surface area contributed by atoms with Gasteiger partial charge in [-0.05, 0) is 24.6 Å². The number of benzene rings is 1. The minimum atomic E-state index is 0.0814.